The van der Waals surface area contributed by atoms with Crippen LogP contribution < -0.4 is 5.32 Å². The molecule has 8 heteroatoms. The second-order valence-electron chi connectivity index (χ2n) is 4.84. The zero-order valence-corrected chi connectivity index (χ0v) is 15.7. The average Bonchev–Trinajstić information content (AvgIpc) is 2.92. The number of sulfonamides is 1. The first kappa shape index (κ1) is 19.2. The monoisotopic (exact) mass is 416 g/mol. The second kappa shape index (κ2) is 8.13. The summed E-state index contributed by atoms with van der Waals surface area (Å²) in [6, 6.07) is 4.78. The van der Waals surface area contributed by atoms with E-state index in [9.17, 15) is 8.42 Å². The van der Waals surface area contributed by atoms with E-state index in [1.165, 1.54) is 0 Å². The van der Waals surface area contributed by atoms with Gasteiger partial charge in [-0.25, -0.2) is 8.42 Å². The summed E-state index contributed by atoms with van der Waals surface area (Å²) in [5.74, 6) is 0. The van der Waals surface area contributed by atoms with E-state index in [0.29, 0.717) is 22.6 Å². The molecule has 1 aromatic carbocycles. The molecule has 0 radical (unpaired) electrons. The molecule has 1 aliphatic heterocycles. The van der Waals surface area contributed by atoms with Crippen molar-refractivity contribution < 1.29 is 8.42 Å². The normalized spacial score (nSPS) is 18.8. The Hall–Kier alpha value is 0.150. The molecule has 1 fully saturated rings. The smallest absolute Gasteiger partial charge is 0.243 e. The predicted molar refractivity (Wildman–Crippen MR) is 91.9 cm³/mol. The first-order chi connectivity index (χ1) is 9.46. The molecule has 21 heavy (non-hydrogen) atoms. The van der Waals surface area contributed by atoms with Gasteiger partial charge in [0.15, 0.2) is 0 Å². The lowest BCUT2D eigenvalue weighted by molar-refractivity contribution is 0.335. The van der Waals surface area contributed by atoms with Gasteiger partial charge in [-0.1, -0.05) is 18.5 Å². The third-order valence-corrected chi connectivity index (χ3v) is 6.54. The van der Waals surface area contributed by atoms with Gasteiger partial charge in [-0.2, -0.15) is 4.31 Å². The first-order valence-electron chi connectivity index (χ1n) is 6.64. The van der Waals surface area contributed by atoms with Gasteiger partial charge in [0, 0.05) is 23.6 Å². The lowest BCUT2D eigenvalue weighted by atomic mass is 10.2. The van der Waals surface area contributed by atoms with E-state index in [-0.39, 0.29) is 23.3 Å². The van der Waals surface area contributed by atoms with Crippen LogP contribution >= 0.6 is 39.9 Å². The summed E-state index contributed by atoms with van der Waals surface area (Å²) in [7, 11) is -3.48. The molecule has 120 valence electrons. The lowest BCUT2D eigenvalue weighted by Gasteiger charge is -2.27. The van der Waals surface area contributed by atoms with Crippen LogP contribution in [0.3, 0.4) is 0 Å². The van der Waals surface area contributed by atoms with Crippen LogP contribution in [0.1, 0.15) is 19.8 Å². The van der Waals surface area contributed by atoms with Crippen molar-refractivity contribution in [2.45, 2.75) is 30.7 Å². The van der Waals surface area contributed by atoms with Crippen molar-refractivity contribution in [1.29, 1.82) is 0 Å². The van der Waals surface area contributed by atoms with Gasteiger partial charge in [0.1, 0.15) is 0 Å². The fourth-order valence-electron chi connectivity index (χ4n) is 2.38. The minimum atomic E-state index is -3.48. The molecule has 4 nitrogen and oxygen atoms in total. The minimum absolute atomic E-state index is 0. The maximum Gasteiger partial charge on any atom is 0.243 e. The van der Waals surface area contributed by atoms with Gasteiger partial charge in [-0.15, -0.1) is 12.4 Å². The molecular formula is C13H19BrCl2N2O2S. The zero-order chi connectivity index (χ0) is 14.8. The van der Waals surface area contributed by atoms with Crippen LogP contribution in [0.25, 0.3) is 0 Å². The molecule has 2 rings (SSSR count). The fourth-order valence-corrected chi connectivity index (χ4v) is 4.80. The van der Waals surface area contributed by atoms with Crippen molar-refractivity contribution >= 4 is 50.0 Å². The molecule has 0 spiro atoms. The summed E-state index contributed by atoms with van der Waals surface area (Å²) < 4.78 is 27.8. The van der Waals surface area contributed by atoms with E-state index in [2.05, 4.69) is 21.2 Å². The van der Waals surface area contributed by atoms with Crippen molar-refractivity contribution in [1.82, 2.24) is 9.62 Å². The second-order valence-corrected chi connectivity index (χ2v) is 7.99. The number of nitrogens with one attached hydrogen (secondary N) is 1. The van der Waals surface area contributed by atoms with Gasteiger partial charge >= 0.3 is 0 Å². The lowest BCUT2D eigenvalue weighted by Crippen LogP contribution is -2.41. The maximum atomic E-state index is 12.8. The van der Waals surface area contributed by atoms with Crippen LogP contribution in [-0.2, 0) is 10.0 Å². The molecule has 1 heterocycles. The van der Waals surface area contributed by atoms with Crippen molar-refractivity contribution in [2.24, 2.45) is 0 Å². The average molecular weight is 418 g/mol. The molecule has 0 bridgehead atoms. The highest BCUT2D eigenvalue weighted by atomic mass is 79.9. The highest BCUT2D eigenvalue weighted by Gasteiger charge is 2.32. The Morgan fingerprint density at radius 2 is 2.19 bits per heavy atom. The van der Waals surface area contributed by atoms with E-state index in [0.717, 1.165) is 19.4 Å². The van der Waals surface area contributed by atoms with E-state index in [1.807, 2.05) is 6.92 Å². The minimum Gasteiger partial charge on any atom is -0.315 e. The quantitative estimate of drug-likeness (QED) is 0.799. The summed E-state index contributed by atoms with van der Waals surface area (Å²) >= 11 is 9.22. The molecular weight excluding hydrogens is 399 g/mol. The van der Waals surface area contributed by atoms with Gasteiger partial charge in [0.05, 0.1) is 9.92 Å². The number of rotatable bonds is 5. The van der Waals surface area contributed by atoms with Crippen LogP contribution in [0.15, 0.2) is 27.6 Å². The molecule has 1 N–H and O–H groups in total. The molecule has 1 atom stereocenters. The fraction of sp³-hybridized carbons (Fsp3) is 0.538. The standard InChI is InChI=1S/C13H18BrClN2O2S.ClH/c1-2-7-17(10-5-6-16-9-10)20(18,19)11-3-4-13(15)12(14)8-11;/h3-4,8,10,16H,2,5-7,9H2,1H3;1H. The molecule has 1 aliphatic rings. The third kappa shape index (κ3) is 4.33. The van der Waals surface area contributed by atoms with Crippen LogP contribution in [-0.4, -0.2) is 38.4 Å². The maximum absolute atomic E-state index is 12.8. The van der Waals surface area contributed by atoms with Gasteiger partial charge < -0.3 is 5.32 Å². The number of halogens is 3. The highest BCUT2D eigenvalue weighted by Crippen LogP contribution is 2.28. The van der Waals surface area contributed by atoms with Crippen molar-refractivity contribution in [3.63, 3.8) is 0 Å². The van der Waals surface area contributed by atoms with Crippen LogP contribution in [0.2, 0.25) is 5.02 Å². The Balaban J connectivity index is 0.00000220. The number of nitrogens with zero attached hydrogens (tertiary/aromatic N) is 1. The molecule has 0 aliphatic carbocycles. The van der Waals surface area contributed by atoms with E-state index in [4.69, 9.17) is 11.6 Å². The van der Waals surface area contributed by atoms with Crippen molar-refractivity contribution in [2.75, 3.05) is 19.6 Å². The molecule has 0 amide bonds. The summed E-state index contributed by atoms with van der Waals surface area (Å²) in [5.41, 5.74) is 0. The number of hydrogen-bond donors (Lipinski definition) is 1. The van der Waals surface area contributed by atoms with Gasteiger partial charge in [-0.05, 0) is 53.5 Å². The summed E-state index contributed by atoms with van der Waals surface area (Å²) in [5, 5.41) is 3.73. The number of benzene rings is 1. The Kier molecular flexibility index (Phi) is 7.43. The zero-order valence-electron chi connectivity index (χ0n) is 11.7. The highest BCUT2D eigenvalue weighted by molar-refractivity contribution is 9.10. The van der Waals surface area contributed by atoms with Crippen LogP contribution in [0.4, 0.5) is 0 Å². The SMILES string of the molecule is CCCN(C1CCNC1)S(=O)(=O)c1ccc(Cl)c(Br)c1.Cl. The van der Waals surface area contributed by atoms with Crippen molar-refractivity contribution in [3.05, 3.63) is 27.7 Å². The Bertz CT molecular complexity index is 578. The van der Waals surface area contributed by atoms with Crippen molar-refractivity contribution in [3.8, 4) is 0 Å². The van der Waals surface area contributed by atoms with E-state index in [1.54, 1.807) is 22.5 Å². The van der Waals surface area contributed by atoms with Gasteiger partial charge in [0.25, 0.3) is 0 Å². The molecule has 0 aromatic heterocycles. The Morgan fingerprint density at radius 3 is 2.71 bits per heavy atom. The summed E-state index contributed by atoms with van der Waals surface area (Å²) in [6.07, 6.45) is 1.65. The summed E-state index contributed by atoms with van der Waals surface area (Å²) in [4.78, 5) is 0.286. The van der Waals surface area contributed by atoms with Crippen LogP contribution in [0, 0.1) is 0 Å². The molecule has 1 unspecified atom stereocenters. The third-order valence-electron chi connectivity index (χ3n) is 3.38. The van der Waals surface area contributed by atoms with Gasteiger partial charge in [0.2, 0.25) is 10.0 Å². The molecule has 1 aromatic rings. The topological polar surface area (TPSA) is 49.4 Å². The van der Waals surface area contributed by atoms with Gasteiger partial charge in [-0.3, -0.25) is 0 Å². The summed E-state index contributed by atoms with van der Waals surface area (Å²) in [6.45, 7) is 4.11. The molecule has 1 saturated heterocycles. The predicted octanol–water partition coefficient (Wildman–Crippen LogP) is 3.29. The Labute approximate surface area is 145 Å². The largest absolute Gasteiger partial charge is 0.315 e. The first-order valence-corrected chi connectivity index (χ1v) is 9.25. The van der Waals surface area contributed by atoms with E-state index < -0.39 is 10.0 Å². The van der Waals surface area contributed by atoms with E-state index >= 15 is 0 Å². The number of hydrogen-bond acceptors (Lipinski definition) is 3. The van der Waals surface area contributed by atoms with Crippen LogP contribution in [0.5, 0.6) is 0 Å². The Morgan fingerprint density at radius 1 is 1.48 bits per heavy atom. The molecule has 0 saturated carbocycles.